The Kier molecular flexibility index (Phi) is 7.86. The average molecular weight is 511 g/mol. The van der Waals surface area contributed by atoms with Crippen molar-refractivity contribution < 1.29 is 19.1 Å². The Labute approximate surface area is 193 Å². The summed E-state index contributed by atoms with van der Waals surface area (Å²) in [4.78, 5) is 26.4. The molecule has 1 fully saturated rings. The predicted molar refractivity (Wildman–Crippen MR) is 124 cm³/mol. The molecule has 0 unspecified atom stereocenters. The maximum Gasteiger partial charge on any atom is 0.293 e. The number of unbranched alkanes of at least 4 members (excludes halogenated alkanes) is 1. The van der Waals surface area contributed by atoms with Gasteiger partial charge in [0, 0.05) is 11.6 Å². The van der Waals surface area contributed by atoms with Crippen LogP contribution in [0.15, 0.2) is 45.8 Å². The number of nitrogens with zero attached hydrogens (tertiary/aromatic N) is 1. The lowest BCUT2D eigenvalue weighted by atomic mass is 10.1. The van der Waals surface area contributed by atoms with Gasteiger partial charge in [-0.15, -0.1) is 0 Å². The van der Waals surface area contributed by atoms with Gasteiger partial charge in [-0.25, -0.2) is 0 Å². The zero-order valence-electron chi connectivity index (χ0n) is 16.6. The van der Waals surface area contributed by atoms with Gasteiger partial charge >= 0.3 is 0 Å². The topological polar surface area (TPSA) is 55.8 Å². The number of imide groups is 1. The quantitative estimate of drug-likeness (QED) is 0.378. The van der Waals surface area contributed by atoms with Crippen LogP contribution in [0, 0.1) is 0 Å². The minimum Gasteiger partial charge on any atom is -0.493 e. The van der Waals surface area contributed by atoms with Crippen molar-refractivity contribution in [2.75, 3.05) is 13.7 Å². The van der Waals surface area contributed by atoms with Crippen LogP contribution in [0.2, 0.25) is 5.02 Å². The van der Waals surface area contributed by atoms with E-state index >= 15 is 0 Å². The van der Waals surface area contributed by atoms with Crippen molar-refractivity contribution in [3.8, 4) is 11.5 Å². The molecule has 30 heavy (non-hydrogen) atoms. The molecule has 0 aromatic heterocycles. The van der Waals surface area contributed by atoms with Gasteiger partial charge in [-0.3, -0.25) is 14.5 Å². The van der Waals surface area contributed by atoms with Crippen LogP contribution < -0.4 is 9.47 Å². The second-order valence-electron chi connectivity index (χ2n) is 6.64. The first-order chi connectivity index (χ1) is 14.4. The fraction of sp³-hybridized carbons (Fsp3) is 0.273. The zero-order valence-corrected chi connectivity index (χ0v) is 19.8. The number of rotatable bonds is 8. The molecule has 5 nitrogen and oxygen atoms in total. The minimum absolute atomic E-state index is 0.229. The molecule has 1 saturated heterocycles. The minimum atomic E-state index is -0.255. The molecule has 1 aliphatic rings. The van der Waals surface area contributed by atoms with Crippen molar-refractivity contribution in [3.05, 3.63) is 61.9 Å². The molecule has 2 aromatic carbocycles. The molecule has 1 aliphatic heterocycles. The third kappa shape index (κ3) is 5.39. The number of carbonyl (C=O) groups excluding carboxylic acids is 2. The Balaban J connectivity index is 1.81. The molecule has 2 amide bonds. The lowest BCUT2D eigenvalue weighted by Crippen LogP contribution is -2.29. The van der Waals surface area contributed by atoms with Crippen LogP contribution in [-0.2, 0) is 11.4 Å². The SMILES string of the molecule is CCCCN1C(=O)S/C(=C\c2cc(Br)c(OCc3cccc(Cl)c3)c(OC)c2)C1=O. The number of benzene rings is 2. The number of ether oxygens (including phenoxy) is 2. The van der Waals surface area contributed by atoms with E-state index in [1.807, 2.05) is 31.2 Å². The lowest BCUT2D eigenvalue weighted by Gasteiger charge is -2.14. The van der Waals surface area contributed by atoms with Crippen LogP contribution in [0.3, 0.4) is 0 Å². The Morgan fingerprint density at radius 2 is 2.03 bits per heavy atom. The van der Waals surface area contributed by atoms with E-state index in [0.717, 1.165) is 35.7 Å². The summed E-state index contributed by atoms with van der Waals surface area (Å²) in [5, 5.41) is 0.414. The molecule has 0 bridgehead atoms. The number of hydrogen-bond donors (Lipinski definition) is 0. The van der Waals surface area contributed by atoms with E-state index in [9.17, 15) is 9.59 Å². The van der Waals surface area contributed by atoms with Gasteiger partial charge in [0.1, 0.15) is 6.61 Å². The Morgan fingerprint density at radius 1 is 1.23 bits per heavy atom. The summed E-state index contributed by atoms with van der Waals surface area (Å²) >= 11 is 10.5. The molecule has 158 valence electrons. The summed E-state index contributed by atoms with van der Waals surface area (Å²) < 4.78 is 12.1. The fourth-order valence-corrected chi connectivity index (χ4v) is 4.56. The van der Waals surface area contributed by atoms with Crippen molar-refractivity contribution in [1.82, 2.24) is 4.90 Å². The summed E-state index contributed by atoms with van der Waals surface area (Å²) in [5.74, 6) is 0.809. The van der Waals surface area contributed by atoms with Gasteiger partial charge in [-0.1, -0.05) is 37.1 Å². The molecule has 3 rings (SSSR count). The van der Waals surface area contributed by atoms with Crippen LogP contribution in [0.4, 0.5) is 4.79 Å². The summed E-state index contributed by atoms with van der Waals surface area (Å²) in [6.45, 7) is 2.79. The van der Waals surface area contributed by atoms with Gasteiger partial charge in [-0.2, -0.15) is 0 Å². The van der Waals surface area contributed by atoms with E-state index in [1.54, 1.807) is 25.3 Å². The smallest absolute Gasteiger partial charge is 0.293 e. The normalized spacial score (nSPS) is 15.2. The summed E-state index contributed by atoms with van der Waals surface area (Å²) in [6, 6.07) is 11.0. The van der Waals surface area contributed by atoms with Gasteiger partial charge in [0.05, 0.1) is 16.5 Å². The average Bonchev–Trinajstić information content (AvgIpc) is 2.98. The van der Waals surface area contributed by atoms with E-state index in [0.29, 0.717) is 39.1 Å². The molecule has 1 heterocycles. The molecule has 0 radical (unpaired) electrons. The van der Waals surface area contributed by atoms with Crippen molar-refractivity contribution in [3.63, 3.8) is 0 Å². The van der Waals surface area contributed by atoms with Gasteiger partial charge < -0.3 is 9.47 Å². The number of halogens is 2. The summed E-state index contributed by atoms with van der Waals surface area (Å²) in [6.07, 6.45) is 3.41. The van der Waals surface area contributed by atoms with Crippen molar-refractivity contribution in [2.45, 2.75) is 26.4 Å². The van der Waals surface area contributed by atoms with Crippen LogP contribution >= 0.6 is 39.3 Å². The maximum absolute atomic E-state index is 12.6. The second-order valence-corrected chi connectivity index (χ2v) is 8.92. The van der Waals surface area contributed by atoms with E-state index in [4.69, 9.17) is 21.1 Å². The maximum atomic E-state index is 12.6. The Morgan fingerprint density at radius 3 is 2.73 bits per heavy atom. The number of carbonyl (C=O) groups is 2. The fourth-order valence-electron chi connectivity index (χ4n) is 2.91. The third-order valence-electron chi connectivity index (χ3n) is 4.43. The van der Waals surface area contributed by atoms with E-state index in [2.05, 4.69) is 15.9 Å². The monoisotopic (exact) mass is 509 g/mol. The highest BCUT2D eigenvalue weighted by Crippen LogP contribution is 2.39. The highest BCUT2D eigenvalue weighted by atomic mass is 79.9. The highest BCUT2D eigenvalue weighted by molar-refractivity contribution is 9.10. The molecule has 2 aromatic rings. The highest BCUT2D eigenvalue weighted by Gasteiger charge is 2.34. The van der Waals surface area contributed by atoms with Crippen LogP contribution in [0.25, 0.3) is 6.08 Å². The van der Waals surface area contributed by atoms with Crippen molar-refractivity contribution in [2.24, 2.45) is 0 Å². The van der Waals surface area contributed by atoms with E-state index in [1.165, 1.54) is 4.90 Å². The molecule has 8 heteroatoms. The molecule has 0 aliphatic carbocycles. The van der Waals surface area contributed by atoms with Crippen LogP contribution in [-0.4, -0.2) is 29.7 Å². The van der Waals surface area contributed by atoms with E-state index in [-0.39, 0.29) is 11.1 Å². The number of methoxy groups -OCH3 is 1. The largest absolute Gasteiger partial charge is 0.493 e. The summed E-state index contributed by atoms with van der Waals surface area (Å²) in [7, 11) is 1.55. The first kappa shape index (κ1) is 22.7. The van der Waals surface area contributed by atoms with Gasteiger partial charge in [-0.05, 0) is 75.6 Å². The lowest BCUT2D eigenvalue weighted by molar-refractivity contribution is -0.122. The second kappa shape index (κ2) is 10.4. The van der Waals surface area contributed by atoms with Crippen molar-refractivity contribution >= 4 is 56.5 Å². The Hall–Kier alpha value is -1.96. The van der Waals surface area contributed by atoms with Crippen LogP contribution in [0.5, 0.6) is 11.5 Å². The molecule has 0 saturated carbocycles. The third-order valence-corrected chi connectivity index (χ3v) is 6.16. The molecular weight excluding hydrogens is 490 g/mol. The van der Waals surface area contributed by atoms with Crippen molar-refractivity contribution in [1.29, 1.82) is 0 Å². The van der Waals surface area contributed by atoms with Gasteiger partial charge in [0.25, 0.3) is 11.1 Å². The number of amides is 2. The Bertz CT molecular complexity index is 995. The molecule has 0 N–H and O–H groups in total. The first-order valence-electron chi connectivity index (χ1n) is 9.43. The number of hydrogen-bond acceptors (Lipinski definition) is 5. The van der Waals surface area contributed by atoms with E-state index < -0.39 is 0 Å². The molecular formula is C22H21BrClNO4S. The predicted octanol–water partition coefficient (Wildman–Crippen LogP) is 6.53. The zero-order chi connectivity index (χ0) is 21.7. The standard InChI is InChI=1S/C22H21BrClNO4S/c1-3-4-8-25-21(26)19(30-22(25)27)12-15-10-17(23)20(18(11-15)28-2)29-13-14-6-5-7-16(24)9-14/h5-7,9-12H,3-4,8,13H2,1-2H3/b19-12-. The molecule has 0 atom stereocenters. The summed E-state index contributed by atoms with van der Waals surface area (Å²) in [5.41, 5.74) is 1.66. The number of thioether (sulfide) groups is 1. The first-order valence-corrected chi connectivity index (χ1v) is 11.4. The van der Waals surface area contributed by atoms with Crippen LogP contribution in [0.1, 0.15) is 30.9 Å². The van der Waals surface area contributed by atoms with Gasteiger partial charge in [0.2, 0.25) is 0 Å². The van der Waals surface area contributed by atoms with Gasteiger partial charge in [0.15, 0.2) is 11.5 Å². The molecule has 0 spiro atoms.